The van der Waals surface area contributed by atoms with E-state index in [1.54, 1.807) is 11.8 Å². The van der Waals surface area contributed by atoms with Crippen molar-refractivity contribution in [1.29, 1.82) is 0 Å². The minimum Gasteiger partial charge on any atom is -0.338 e. The molecule has 0 spiro atoms. The van der Waals surface area contributed by atoms with E-state index in [2.05, 4.69) is 20.8 Å². The third kappa shape index (κ3) is 4.57. The molecule has 0 radical (unpaired) electrons. The summed E-state index contributed by atoms with van der Waals surface area (Å²) < 4.78 is 5.38. The maximum atomic E-state index is 12.1. The highest BCUT2D eigenvalue weighted by Crippen LogP contribution is 2.26. The Morgan fingerprint density at radius 2 is 1.93 bits per heavy atom. The molecule has 1 saturated heterocycles. The van der Waals surface area contributed by atoms with Crippen LogP contribution in [-0.2, 0) is 10.5 Å². The quantitative estimate of drug-likeness (QED) is 0.596. The molecule has 4 rings (SSSR count). The molecule has 2 N–H and O–H groups in total. The number of nitrogens with zero attached hydrogens (tertiary/aromatic N) is 2. The minimum absolute atomic E-state index is 0.000598. The topological polar surface area (TPSA) is 80.0 Å². The van der Waals surface area contributed by atoms with E-state index in [0.717, 1.165) is 11.1 Å². The lowest BCUT2D eigenvalue weighted by Crippen LogP contribution is -2.50. The van der Waals surface area contributed by atoms with E-state index in [4.69, 9.17) is 4.52 Å². The van der Waals surface area contributed by atoms with Crippen molar-refractivity contribution >= 4 is 29.4 Å². The number of thioether (sulfide) groups is 2. The molecule has 0 aliphatic carbocycles. The Morgan fingerprint density at radius 3 is 2.68 bits per heavy atom. The number of carbonyl (C=O) groups excluding carboxylic acids is 1. The molecule has 8 heteroatoms. The van der Waals surface area contributed by atoms with Gasteiger partial charge in [0.2, 0.25) is 17.6 Å². The maximum absolute atomic E-state index is 12.1. The number of benzene rings is 2. The van der Waals surface area contributed by atoms with Crippen LogP contribution in [0.15, 0.2) is 64.0 Å². The monoisotopic (exact) mass is 412 g/mol. The molecule has 6 nitrogen and oxygen atoms in total. The molecular weight excluding hydrogens is 392 g/mol. The fraction of sp³-hybridized carbons (Fsp3) is 0.250. The lowest BCUT2D eigenvalue weighted by molar-refractivity contribution is -0.123. The predicted octanol–water partition coefficient (Wildman–Crippen LogP) is 3.83. The van der Waals surface area contributed by atoms with Gasteiger partial charge in [-0.15, -0.1) is 23.5 Å². The number of hydrogen-bond donors (Lipinski definition) is 2. The molecule has 0 bridgehead atoms. The average Bonchev–Trinajstić information content (AvgIpc) is 3.22. The summed E-state index contributed by atoms with van der Waals surface area (Å²) in [7, 11) is 0. The zero-order valence-corrected chi connectivity index (χ0v) is 16.9. The van der Waals surface area contributed by atoms with Gasteiger partial charge < -0.3 is 9.84 Å². The predicted molar refractivity (Wildman–Crippen MR) is 112 cm³/mol. The molecule has 1 fully saturated rings. The van der Waals surface area contributed by atoms with E-state index in [-0.39, 0.29) is 17.4 Å². The van der Waals surface area contributed by atoms with E-state index < -0.39 is 0 Å². The summed E-state index contributed by atoms with van der Waals surface area (Å²) in [6.45, 7) is 0. The normalized spacial score (nSPS) is 19.4. The largest absolute Gasteiger partial charge is 0.338 e. The molecule has 1 amide bonds. The van der Waals surface area contributed by atoms with Crippen LogP contribution in [0.25, 0.3) is 11.4 Å². The first kappa shape index (κ1) is 19.0. The van der Waals surface area contributed by atoms with Crippen molar-refractivity contribution in [2.75, 3.05) is 6.26 Å². The van der Waals surface area contributed by atoms with Crippen molar-refractivity contribution < 1.29 is 9.32 Å². The molecule has 2 atom stereocenters. The molecule has 2 heterocycles. The third-order valence-electron chi connectivity index (χ3n) is 4.43. The molecule has 3 aromatic rings. The smallest absolute Gasteiger partial charge is 0.237 e. The van der Waals surface area contributed by atoms with E-state index in [1.165, 1.54) is 16.7 Å². The van der Waals surface area contributed by atoms with Gasteiger partial charge in [-0.3, -0.25) is 10.1 Å². The third-order valence-corrected chi connectivity index (χ3v) is 6.17. The summed E-state index contributed by atoms with van der Waals surface area (Å²) in [6, 6.07) is 18.1. The van der Waals surface area contributed by atoms with Crippen LogP contribution >= 0.6 is 23.5 Å². The van der Waals surface area contributed by atoms with Gasteiger partial charge in [0.05, 0.1) is 5.75 Å². The number of hydrogen-bond acceptors (Lipinski definition) is 7. The molecule has 2 aromatic carbocycles. The molecule has 1 aromatic heterocycles. The van der Waals surface area contributed by atoms with E-state index >= 15 is 0 Å². The minimum atomic E-state index is -0.206. The lowest BCUT2D eigenvalue weighted by Gasteiger charge is -2.31. The Balaban J connectivity index is 1.37. The summed E-state index contributed by atoms with van der Waals surface area (Å²) in [4.78, 5) is 17.8. The molecule has 2 unspecified atom stereocenters. The van der Waals surface area contributed by atoms with Gasteiger partial charge in [0.1, 0.15) is 5.50 Å². The van der Waals surface area contributed by atoms with Gasteiger partial charge in [0, 0.05) is 22.9 Å². The summed E-state index contributed by atoms with van der Waals surface area (Å²) in [5.41, 5.74) is 1.82. The van der Waals surface area contributed by atoms with Crippen LogP contribution in [0.3, 0.4) is 0 Å². The standard InChI is InChI=1S/C20H20N4O2S2/c1-27-15-9-7-14(8-10-15)19-23-18(26-24-19)12-28-20-21-16(11-17(25)22-20)13-5-3-2-4-6-13/h2-10,16,20-21H,11-12H2,1H3,(H,22,25). The van der Waals surface area contributed by atoms with Crippen LogP contribution in [-0.4, -0.2) is 27.8 Å². The number of rotatable bonds is 6. The zero-order valence-electron chi connectivity index (χ0n) is 15.3. The van der Waals surface area contributed by atoms with Gasteiger partial charge >= 0.3 is 0 Å². The van der Waals surface area contributed by atoms with Crippen molar-refractivity contribution in [3.05, 3.63) is 66.1 Å². The highest BCUT2D eigenvalue weighted by Gasteiger charge is 2.27. The van der Waals surface area contributed by atoms with Crippen LogP contribution in [0, 0.1) is 0 Å². The van der Waals surface area contributed by atoms with Crippen LogP contribution in [0.4, 0.5) is 0 Å². The van der Waals surface area contributed by atoms with Gasteiger partial charge in [-0.25, -0.2) is 0 Å². The Morgan fingerprint density at radius 1 is 1.14 bits per heavy atom. The van der Waals surface area contributed by atoms with Gasteiger partial charge in [-0.05, 0) is 36.1 Å². The fourth-order valence-electron chi connectivity index (χ4n) is 2.99. The molecule has 28 heavy (non-hydrogen) atoms. The van der Waals surface area contributed by atoms with Crippen LogP contribution in [0.2, 0.25) is 0 Å². The fourth-order valence-corrected chi connectivity index (χ4v) is 4.30. The number of nitrogens with one attached hydrogen (secondary N) is 2. The average molecular weight is 413 g/mol. The number of aromatic nitrogens is 2. The first-order chi connectivity index (χ1) is 13.7. The second-order valence-electron chi connectivity index (χ2n) is 6.33. The Bertz CT molecular complexity index is 931. The summed E-state index contributed by atoms with van der Waals surface area (Å²) in [5.74, 6) is 1.65. The van der Waals surface area contributed by atoms with E-state index in [0.29, 0.717) is 23.9 Å². The van der Waals surface area contributed by atoms with Crippen LogP contribution in [0.5, 0.6) is 0 Å². The van der Waals surface area contributed by atoms with Gasteiger partial charge in [-0.2, -0.15) is 4.98 Å². The van der Waals surface area contributed by atoms with Crippen LogP contribution in [0.1, 0.15) is 23.9 Å². The molecule has 144 valence electrons. The van der Waals surface area contributed by atoms with E-state index in [1.807, 2.05) is 60.9 Å². The van der Waals surface area contributed by atoms with Crippen LogP contribution < -0.4 is 10.6 Å². The van der Waals surface area contributed by atoms with Gasteiger partial charge in [0.15, 0.2) is 0 Å². The van der Waals surface area contributed by atoms with Gasteiger partial charge in [-0.1, -0.05) is 35.5 Å². The first-order valence-corrected chi connectivity index (χ1v) is 11.2. The van der Waals surface area contributed by atoms with E-state index in [9.17, 15) is 4.79 Å². The highest BCUT2D eigenvalue weighted by molar-refractivity contribution is 7.99. The van der Waals surface area contributed by atoms with Gasteiger partial charge in [0.25, 0.3) is 0 Å². The summed E-state index contributed by atoms with van der Waals surface area (Å²) in [6.07, 6.45) is 2.47. The second kappa shape index (κ2) is 8.81. The second-order valence-corrected chi connectivity index (χ2v) is 8.31. The summed E-state index contributed by atoms with van der Waals surface area (Å²) in [5, 5.41) is 10.5. The number of amides is 1. The van der Waals surface area contributed by atoms with Crippen molar-refractivity contribution in [2.24, 2.45) is 0 Å². The zero-order chi connectivity index (χ0) is 19.3. The maximum Gasteiger partial charge on any atom is 0.237 e. The Hall–Kier alpha value is -2.29. The van der Waals surface area contributed by atoms with Crippen molar-refractivity contribution in [2.45, 2.75) is 28.6 Å². The Kier molecular flexibility index (Phi) is 5.99. The lowest BCUT2D eigenvalue weighted by atomic mass is 10.0. The molecular formula is C20H20N4O2S2. The van der Waals surface area contributed by atoms with Crippen molar-refractivity contribution in [1.82, 2.24) is 20.8 Å². The molecule has 0 saturated carbocycles. The SMILES string of the molecule is CSc1ccc(-c2noc(CSC3NC(=O)CC(c4ccccc4)N3)n2)cc1. The van der Waals surface area contributed by atoms with Crippen molar-refractivity contribution in [3.8, 4) is 11.4 Å². The highest BCUT2D eigenvalue weighted by atomic mass is 32.2. The Labute approximate surface area is 171 Å². The number of carbonyl (C=O) groups is 1. The van der Waals surface area contributed by atoms with Crippen molar-refractivity contribution in [3.63, 3.8) is 0 Å². The molecule has 1 aliphatic heterocycles. The molecule has 1 aliphatic rings. The summed E-state index contributed by atoms with van der Waals surface area (Å²) >= 11 is 3.22. The first-order valence-electron chi connectivity index (χ1n) is 8.90.